The first-order valence-corrected chi connectivity index (χ1v) is 6.50. The highest BCUT2D eigenvalue weighted by Crippen LogP contribution is 2.28. The summed E-state index contributed by atoms with van der Waals surface area (Å²) in [6.07, 6.45) is 0. The van der Waals surface area contributed by atoms with Crippen LogP contribution in [0.1, 0.15) is 38.3 Å². The van der Waals surface area contributed by atoms with Crippen LogP contribution in [-0.4, -0.2) is 16.4 Å². The molecule has 1 amide bonds. The van der Waals surface area contributed by atoms with Crippen molar-refractivity contribution in [3.8, 4) is 0 Å². The van der Waals surface area contributed by atoms with Gasteiger partial charge in [-0.3, -0.25) is 4.79 Å². The van der Waals surface area contributed by atoms with Crippen molar-refractivity contribution in [2.24, 2.45) is 11.1 Å². The Balaban J connectivity index is 2.65. The molecule has 1 aromatic heterocycles. The second kappa shape index (κ2) is 4.74. The van der Waals surface area contributed by atoms with Crippen LogP contribution in [0.5, 0.6) is 0 Å². The summed E-state index contributed by atoms with van der Waals surface area (Å²) in [6, 6.07) is 0. The second-order valence-corrected chi connectivity index (χ2v) is 6.33. The van der Waals surface area contributed by atoms with Gasteiger partial charge in [0.15, 0.2) is 0 Å². The van der Waals surface area contributed by atoms with E-state index in [1.807, 2.05) is 34.6 Å². The Hall–Kier alpha value is -0.940. The minimum absolute atomic E-state index is 0.0298. The van der Waals surface area contributed by atoms with E-state index in [9.17, 15) is 4.79 Å². The minimum atomic E-state index is -0.606. The summed E-state index contributed by atoms with van der Waals surface area (Å²) in [5, 5.41) is 2.92. The number of hydrogen-bond acceptors (Lipinski definition) is 4. The van der Waals surface area contributed by atoms with Crippen molar-refractivity contribution < 1.29 is 4.79 Å². The molecule has 0 saturated heterocycles. The van der Waals surface area contributed by atoms with Crippen LogP contribution in [0.25, 0.3) is 0 Å². The van der Waals surface area contributed by atoms with Crippen molar-refractivity contribution in [1.29, 1.82) is 0 Å². The van der Waals surface area contributed by atoms with Crippen LogP contribution in [0.4, 0.5) is 0 Å². The zero-order chi connectivity index (χ0) is 13.3. The standard InChI is InChI=1S/C12H21N3OS/c1-8-9(17-7-15-8)6-14-10(16)11(2,3)12(4,5)13/h7H,6,13H2,1-5H3,(H,14,16). The van der Waals surface area contributed by atoms with Crippen molar-refractivity contribution >= 4 is 17.2 Å². The van der Waals surface area contributed by atoms with Gasteiger partial charge in [0.1, 0.15) is 0 Å². The highest BCUT2D eigenvalue weighted by atomic mass is 32.1. The number of aromatic nitrogens is 1. The van der Waals surface area contributed by atoms with E-state index < -0.39 is 11.0 Å². The van der Waals surface area contributed by atoms with Gasteiger partial charge < -0.3 is 11.1 Å². The van der Waals surface area contributed by atoms with E-state index in [1.165, 1.54) is 0 Å². The number of carbonyl (C=O) groups is 1. The predicted molar refractivity (Wildman–Crippen MR) is 70.7 cm³/mol. The number of thiazole rings is 1. The predicted octanol–water partition coefficient (Wildman–Crippen LogP) is 1.83. The Morgan fingerprint density at radius 1 is 1.47 bits per heavy atom. The van der Waals surface area contributed by atoms with E-state index in [0.717, 1.165) is 10.6 Å². The molecule has 0 unspecified atom stereocenters. The lowest BCUT2D eigenvalue weighted by molar-refractivity contribution is -0.132. The van der Waals surface area contributed by atoms with Crippen LogP contribution in [0, 0.1) is 12.3 Å². The summed E-state index contributed by atoms with van der Waals surface area (Å²) in [6.45, 7) is 9.92. The largest absolute Gasteiger partial charge is 0.351 e. The van der Waals surface area contributed by atoms with Gasteiger partial charge in [0.25, 0.3) is 0 Å². The minimum Gasteiger partial charge on any atom is -0.351 e. The van der Waals surface area contributed by atoms with Crippen LogP contribution in [0.3, 0.4) is 0 Å². The SMILES string of the molecule is Cc1ncsc1CNC(=O)C(C)(C)C(C)(C)N. The lowest BCUT2D eigenvalue weighted by Crippen LogP contribution is -2.55. The third-order valence-corrected chi connectivity index (χ3v) is 4.37. The first-order valence-electron chi connectivity index (χ1n) is 5.62. The Morgan fingerprint density at radius 2 is 2.06 bits per heavy atom. The van der Waals surface area contributed by atoms with Crippen molar-refractivity contribution in [3.05, 3.63) is 16.1 Å². The molecule has 0 aliphatic heterocycles. The molecule has 4 nitrogen and oxygen atoms in total. The van der Waals surface area contributed by atoms with Crippen molar-refractivity contribution in [2.75, 3.05) is 0 Å². The Bertz CT molecular complexity index is 404. The quantitative estimate of drug-likeness (QED) is 0.862. The molecule has 96 valence electrons. The van der Waals surface area contributed by atoms with E-state index in [2.05, 4.69) is 10.3 Å². The first kappa shape index (κ1) is 14.1. The van der Waals surface area contributed by atoms with E-state index in [1.54, 1.807) is 16.8 Å². The maximum Gasteiger partial charge on any atom is 0.227 e. The molecule has 5 heteroatoms. The number of nitrogens with two attached hydrogens (primary N) is 1. The van der Waals surface area contributed by atoms with Gasteiger partial charge in [0, 0.05) is 10.4 Å². The molecule has 0 spiro atoms. The van der Waals surface area contributed by atoms with E-state index >= 15 is 0 Å². The van der Waals surface area contributed by atoms with Gasteiger partial charge in [-0.15, -0.1) is 11.3 Å². The molecule has 17 heavy (non-hydrogen) atoms. The number of amides is 1. The molecule has 0 fully saturated rings. The van der Waals surface area contributed by atoms with Crippen LogP contribution in [-0.2, 0) is 11.3 Å². The molecule has 0 radical (unpaired) electrons. The summed E-state index contributed by atoms with van der Waals surface area (Å²) in [4.78, 5) is 17.3. The van der Waals surface area contributed by atoms with Gasteiger partial charge >= 0.3 is 0 Å². The maximum absolute atomic E-state index is 12.1. The fourth-order valence-corrected chi connectivity index (χ4v) is 1.89. The highest BCUT2D eigenvalue weighted by Gasteiger charge is 2.40. The van der Waals surface area contributed by atoms with Gasteiger partial charge in [-0.25, -0.2) is 4.98 Å². The van der Waals surface area contributed by atoms with Gasteiger partial charge in [0.05, 0.1) is 23.2 Å². The lowest BCUT2D eigenvalue weighted by atomic mass is 9.74. The second-order valence-electron chi connectivity index (χ2n) is 5.39. The lowest BCUT2D eigenvalue weighted by Gasteiger charge is -2.36. The summed E-state index contributed by atoms with van der Waals surface area (Å²) < 4.78 is 0. The molecule has 1 aromatic rings. The fraction of sp³-hybridized carbons (Fsp3) is 0.667. The van der Waals surface area contributed by atoms with Crippen LogP contribution < -0.4 is 11.1 Å². The number of carbonyl (C=O) groups excluding carboxylic acids is 1. The normalized spacial score (nSPS) is 12.6. The van der Waals surface area contributed by atoms with Gasteiger partial charge in [-0.2, -0.15) is 0 Å². The van der Waals surface area contributed by atoms with Crippen molar-refractivity contribution in [1.82, 2.24) is 10.3 Å². The number of hydrogen-bond donors (Lipinski definition) is 2. The monoisotopic (exact) mass is 255 g/mol. The Kier molecular flexibility index (Phi) is 3.94. The molecule has 0 atom stereocenters. The average molecular weight is 255 g/mol. The molecule has 0 saturated carbocycles. The van der Waals surface area contributed by atoms with E-state index in [0.29, 0.717) is 6.54 Å². The number of aryl methyl sites for hydroxylation is 1. The average Bonchev–Trinajstić information content (AvgIpc) is 2.58. The molecule has 1 rings (SSSR count). The summed E-state index contributed by atoms with van der Waals surface area (Å²) >= 11 is 1.55. The number of rotatable bonds is 4. The smallest absolute Gasteiger partial charge is 0.227 e. The number of nitrogens with one attached hydrogen (secondary N) is 1. The molecule has 1 heterocycles. The fourth-order valence-electron chi connectivity index (χ4n) is 1.17. The van der Waals surface area contributed by atoms with Gasteiger partial charge in [-0.1, -0.05) is 0 Å². The zero-order valence-electron chi connectivity index (χ0n) is 11.1. The van der Waals surface area contributed by atoms with Crippen molar-refractivity contribution in [2.45, 2.75) is 46.7 Å². The van der Waals surface area contributed by atoms with Gasteiger partial charge in [-0.05, 0) is 34.6 Å². The Labute approximate surface area is 107 Å². The zero-order valence-corrected chi connectivity index (χ0v) is 11.9. The first-order chi connectivity index (χ1) is 7.66. The summed E-state index contributed by atoms with van der Waals surface area (Å²) in [5.41, 5.74) is 7.62. The topological polar surface area (TPSA) is 68.0 Å². The molecule has 0 bridgehead atoms. The Morgan fingerprint density at radius 3 is 2.47 bits per heavy atom. The number of nitrogens with zero attached hydrogens (tertiary/aromatic N) is 1. The van der Waals surface area contributed by atoms with E-state index in [-0.39, 0.29) is 5.91 Å². The van der Waals surface area contributed by atoms with Crippen LogP contribution in [0.15, 0.2) is 5.51 Å². The highest BCUT2D eigenvalue weighted by molar-refractivity contribution is 7.09. The molecule has 0 aliphatic carbocycles. The van der Waals surface area contributed by atoms with Gasteiger partial charge in [0.2, 0.25) is 5.91 Å². The van der Waals surface area contributed by atoms with Crippen LogP contribution in [0.2, 0.25) is 0 Å². The maximum atomic E-state index is 12.1. The van der Waals surface area contributed by atoms with Crippen LogP contribution >= 0.6 is 11.3 Å². The molecule has 0 aliphatic rings. The molecule has 3 N–H and O–H groups in total. The third kappa shape index (κ3) is 3.04. The molecular formula is C12H21N3OS. The van der Waals surface area contributed by atoms with E-state index in [4.69, 9.17) is 5.73 Å². The molecular weight excluding hydrogens is 234 g/mol. The molecule has 0 aromatic carbocycles. The third-order valence-electron chi connectivity index (χ3n) is 3.43. The van der Waals surface area contributed by atoms with Crippen molar-refractivity contribution in [3.63, 3.8) is 0 Å². The summed E-state index contributed by atoms with van der Waals surface area (Å²) in [5.74, 6) is -0.0298. The summed E-state index contributed by atoms with van der Waals surface area (Å²) in [7, 11) is 0.